The maximum Gasteiger partial charge on any atom is 0.335 e. The number of hydrogen-bond donors (Lipinski definition) is 1. The van der Waals surface area contributed by atoms with Gasteiger partial charge < -0.3 is 9.47 Å². The second-order valence-corrected chi connectivity index (χ2v) is 9.33. The summed E-state index contributed by atoms with van der Waals surface area (Å²) in [5.74, 6) is -0.578. The first-order valence-electron chi connectivity index (χ1n) is 12.4. The predicted molar refractivity (Wildman–Crippen MR) is 151 cm³/mol. The van der Waals surface area contributed by atoms with Crippen molar-refractivity contribution in [3.05, 3.63) is 106 Å². The quantitative estimate of drug-likeness (QED) is 0.215. The number of benzene rings is 4. The third kappa shape index (κ3) is 5.22. The number of para-hydroxylation sites is 1. The van der Waals surface area contributed by atoms with E-state index in [1.165, 1.54) is 12.1 Å². The van der Waals surface area contributed by atoms with Crippen molar-refractivity contribution in [2.45, 2.75) is 20.5 Å². The fraction of sp³-hybridized carbons (Fsp3) is 0.129. The Bertz CT molecular complexity index is 1650. The molecule has 0 spiro atoms. The molecule has 8 heteroatoms. The number of amides is 4. The number of carbonyl (C=O) groups excluding carboxylic acids is 3. The highest BCUT2D eigenvalue weighted by Gasteiger charge is 2.37. The van der Waals surface area contributed by atoms with Crippen molar-refractivity contribution in [2.75, 3.05) is 11.5 Å². The van der Waals surface area contributed by atoms with Gasteiger partial charge in [0.15, 0.2) is 11.5 Å². The van der Waals surface area contributed by atoms with E-state index in [1.54, 1.807) is 36.4 Å². The maximum atomic E-state index is 13.2. The van der Waals surface area contributed by atoms with Crippen molar-refractivity contribution < 1.29 is 23.9 Å². The van der Waals surface area contributed by atoms with E-state index < -0.39 is 17.8 Å². The Morgan fingerprint density at radius 2 is 1.67 bits per heavy atom. The molecule has 39 heavy (non-hydrogen) atoms. The van der Waals surface area contributed by atoms with Gasteiger partial charge in [-0.2, -0.15) is 0 Å². The molecule has 1 aliphatic heterocycles. The van der Waals surface area contributed by atoms with Gasteiger partial charge in [0.2, 0.25) is 0 Å². The lowest BCUT2D eigenvalue weighted by Crippen LogP contribution is -2.54. The van der Waals surface area contributed by atoms with E-state index in [4.69, 9.17) is 21.1 Å². The van der Waals surface area contributed by atoms with Crippen LogP contribution in [0.4, 0.5) is 10.5 Å². The summed E-state index contributed by atoms with van der Waals surface area (Å²) in [5.41, 5.74) is 2.70. The number of barbiturate groups is 1. The number of carbonyl (C=O) groups is 3. The molecule has 0 saturated carbocycles. The fourth-order valence-electron chi connectivity index (χ4n) is 4.46. The number of ether oxygens (including phenoxy) is 2. The highest BCUT2D eigenvalue weighted by atomic mass is 35.5. The van der Waals surface area contributed by atoms with Gasteiger partial charge in [-0.3, -0.25) is 14.9 Å². The summed E-state index contributed by atoms with van der Waals surface area (Å²) in [4.78, 5) is 39.2. The molecule has 1 N–H and O–H groups in total. The van der Waals surface area contributed by atoms with Crippen LogP contribution in [0.1, 0.15) is 23.6 Å². The molecular formula is C31H25ClN2O5. The molecule has 0 radical (unpaired) electrons. The lowest BCUT2D eigenvalue weighted by Gasteiger charge is -2.27. The summed E-state index contributed by atoms with van der Waals surface area (Å²) in [6.45, 7) is 4.63. The van der Waals surface area contributed by atoms with Crippen LogP contribution in [0.3, 0.4) is 0 Å². The monoisotopic (exact) mass is 540 g/mol. The second-order valence-electron chi connectivity index (χ2n) is 8.92. The van der Waals surface area contributed by atoms with Gasteiger partial charge in [-0.1, -0.05) is 66.2 Å². The van der Waals surface area contributed by atoms with Gasteiger partial charge in [-0.15, -0.1) is 0 Å². The normalized spacial score (nSPS) is 14.6. The Kier molecular flexibility index (Phi) is 7.34. The summed E-state index contributed by atoms with van der Waals surface area (Å²) in [6.07, 6.45) is 1.41. The van der Waals surface area contributed by atoms with Crippen LogP contribution in [-0.4, -0.2) is 24.5 Å². The number of hydrogen-bond acceptors (Lipinski definition) is 5. The van der Waals surface area contributed by atoms with Crippen LogP contribution in [0.2, 0.25) is 5.02 Å². The van der Waals surface area contributed by atoms with Gasteiger partial charge >= 0.3 is 6.03 Å². The summed E-state index contributed by atoms with van der Waals surface area (Å²) >= 11 is 6.21. The number of halogens is 1. The first-order valence-corrected chi connectivity index (χ1v) is 12.8. The van der Waals surface area contributed by atoms with E-state index in [0.29, 0.717) is 30.3 Å². The SMILES string of the molecule is CCOc1cc(/C=C2\C(=O)NC(=O)N(c3ccccc3Cl)C2=O)ccc1OCc1c(C)ccc2ccccc12. The zero-order valence-corrected chi connectivity index (χ0v) is 22.1. The smallest absolute Gasteiger partial charge is 0.335 e. The number of nitrogens with one attached hydrogen (secondary N) is 1. The molecule has 1 heterocycles. The number of fused-ring (bicyclic) bond motifs is 1. The van der Waals surface area contributed by atoms with Gasteiger partial charge in [0, 0.05) is 5.56 Å². The molecule has 1 aliphatic rings. The number of anilines is 1. The van der Waals surface area contributed by atoms with Crippen molar-refractivity contribution in [1.29, 1.82) is 0 Å². The minimum atomic E-state index is -0.863. The molecule has 4 aromatic rings. The molecule has 0 bridgehead atoms. The first kappa shape index (κ1) is 26.0. The van der Waals surface area contributed by atoms with Gasteiger partial charge in [0.1, 0.15) is 12.2 Å². The molecule has 1 saturated heterocycles. The zero-order valence-electron chi connectivity index (χ0n) is 21.4. The maximum absolute atomic E-state index is 13.2. The molecule has 7 nitrogen and oxygen atoms in total. The molecule has 196 valence electrons. The summed E-state index contributed by atoms with van der Waals surface area (Å²) in [6, 6.07) is 23.0. The Morgan fingerprint density at radius 3 is 2.46 bits per heavy atom. The standard InChI is InChI=1S/C31H25ClN2O5/c1-3-38-28-17-20(13-15-27(28)39-18-24-19(2)12-14-21-8-4-5-9-22(21)24)16-23-29(35)33-31(37)34(30(23)36)26-11-7-6-10-25(26)32/h4-17H,3,18H2,1-2H3,(H,33,35,37)/b23-16+. The zero-order chi connectivity index (χ0) is 27.5. The molecule has 0 aliphatic carbocycles. The van der Waals surface area contributed by atoms with E-state index in [1.807, 2.05) is 26.0 Å². The van der Waals surface area contributed by atoms with Gasteiger partial charge in [-0.25, -0.2) is 9.69 Å². The van der Waals surface area contributed by atoms with Crippen molar-refractivity contribution in [2.24, 2.45) is 0 Å². The molecule has 4 aromatic carbocycles. The van der Waals surface area contributed by atoms with Crippen LogP contribution < -0.4 is 19.7 Å². The Hall–Kier alpha value is -4.62. The lowest BCUT2D eigenvalue weighted by atomic mass is 10.0. The van der Waals surface area contributed by atoms with Gasteiger partial charge in [-0.05, 0) is 66.1 Å². The number of rotatable bonds is 7. The number of nitrogens with zero attached hydrogens (tertiary/aromatic N) is 1. The van der Waals surface area contributed by atoms with E-state index >= 15 is 0 Å². The van der Waals surface area contributed by atoms with Crippen LogP contribution in [-0.2, 0) is 16.2 Å². The van der Waals surface area contributed by atoms with Crippen LogP contribution in [0.25, 0.3) is 16.8 Å². The molecular weight excluding hydrogens is 516 g/mol. The number of imide groups is 2. The topological polar surface area (TPSA) is 84.9 Å². The predicted octanol–water partition coefficient (Wildman–Crippen LogP) is 6.45. The summed E-state index contributed by atoms with van der Waals surface area (Å²) in [7, 11) is 0. The molecule has 0 aromatic heterocycles. The van der Waals surface area contributed by atoms with E-state index in [9.17, 15) is 14.4 Å². The third-order valence-electron chi connectivity index (χ3n) is 6.42. The van der Waals surface area contributed by atoms with Crippen LogP contribution in [0, 0.1) is 6.92 Å². The lowest BCUT2D eigenvalue weighted by molar-refractivity contribution is -0.122. The Morgan fingerprint density at radius 1 is 0.897 bits per heavy atom. The van der Waals surface area contributed by atoms with E-state index in [0.717, 1.165) is 26.8 Å². The second kappa shape index (κ2) is 11.0. The van der Waals surface area contributed by atoms with E-state index in [-0.39, 0.29) is 16.3 Å². The average Bonchev–Trinajstić information content (AvgIpc) is 2.92. The van der Waals surface area contributed by atoms with E-state index in [2.05, 4.69) is 29.6 Å². The average molecular weight is 541 g/mol. The summed E-state index contributed by atoms with van der Waals surface area (Å²) < 4.78 is 12.0. The largest absolute Gasteiger partial charge is 0.490 e. The highest BCUT2D eigenvalue weighted by molar-refractivity contribution is 6.42. The van der Waals surface area contributed by atoms with Crippen LogP contribution in [0.5, 0.6) is 11.5 Å². The molecule has 0 atom stereocenters. The molecule has 5 rings (SSSR count). The van der Waals surface area contributed by atoms with Crippen molar-refractivity contribution in [3.8, 4) is 11.5 Å². The highest BCUT2D eigenvalue weighted by Crippen LogP contribution is 2.33. The van der Waals surface area contributed by atoms with Gasteiger partial charge in [0.05, 0.1) is 17.3 Å². The van der Waals surface area contributed by atoms with Crippen molar-refractivity contribution >= 4 is 52.0 Å². The van der Waals surface area contributed by atoms with Crippen LogP contribution in [0.15, 0.2) is 84.4 Å². The Labute approximate surface area is 230 Å². The minimum absolute atomic E-state index is 0.183. The first-order chi connectivity index (χ1) is 18.9. The molecule has 4 amide bonds. The van der Waals surface area contributed by atoms with Crippen molar-refractivity contribution in [1.82, 2.24) is 5.32 Å². The fourth-order valence-corrected chi connectivity index (χ4v) is 4.68. The number of aryl methyl sites for hydroxylation is 1. The third-order valence-corrected chi connectivity index (χ3v) is 6.74. The molecule has 1 fully saturated rings. The number of urea groups is 1. The van der Waals surface area contributed by atoms with Crippen LogP contribution >= 0.6 is 11.6 Å². The minimum Gasteiger partial charge on any atom is -0.490 e. The Balaban J connectivity index is 1.44. The van der Waals surface area contributed by atoms with Crippen molar-refractivity contribution in [3.63, 3.8) is 0 Å². The molecule has 0 unspecified atom stereocenters. The summed E-state index contributed by atoms with van der Waals surface area (Å²) in [5, 5.41) is 4.67. The van der Waals surface area contributed by atoms with Gasteiger partial charge in [0.25, 0.3) is 11.8 Å².